The largest absolute Gasteiger partial charge is 0.507 e. The highest BCUT2D eigenvalue weighted by atomic mass is 19.1. The van der Waals surface area contributed by atoms with Gasteiger partial charge in [-0.2, -0.15) is 0 Å². The van der Waals surface area contributed by atoms with Gasteiger partial charge in [-0.1, -0.05) is 36.4 Å². The van der Waals surface area contributed by atoms with Crippen molar-refractivity contribution in [2.45, 2.75) is 13.0 Å². The van der Waals surface area contributed by atoms with Gasteiger partial charge in [-0.25, -0.2) is 8.78 Å². The number of halogens is 2. The molecular formula is C26H17F2NO4. The van der Waals surface area contributed by atoms with Gasteiger partial charge >= 0.3 is 0 Å². The van der Waals surface area contributed by atoms with Crippen molar-refractivity contribution in [1.29, 1.82) is 0 Å². The first-order valence-electron chi connectivity index (χ1n) is 10.2. The van der Waals surface area contributed by atoms with Crippen LogP contribution in [0.3, 0.4) is 0 Å². The maximum atomic E-state index is 14.7. The predicted octanol–water partition coefficient (Wildman–Crippen LogP) is 5.65. The third-order valence-electron chi connectivity index (χ3n) is 5.67. The van der Waals surface area contributed by atoms with Gasteiger partial charge in [0, 0.05) is 11.6 Å². The summed E-state index contributed by atoms with van der Waals surface area (Å²) in [5.74, 6) is -3.60. The fourth-order valence-electron chi connectivity index (χ4n) is 4.11. The van der Waals surface area contributed by atoms with Crippen molar-refractivity contribution in [2.24, 2.45) is 0 Å². The van der Waals surface area contributed by atoms with Crippen molar-refractivity contribution in [1.82, 2.24) is 0 Å². The molecule has 0 spiro atoms. The number of benzene rings is 3. The summed E-state index contributed by atoms with van der Waals surface area (Å²) < 4.78 is 34.3. The molecule has 0 saturated carbocycles. The summed E-state index contributed by atoms with van der Waals surface area (Å²) in [6, 6.07) is 17.0. The highest BCUT2D eigenvalue weighted by Gasteiger charge is 2.49. The maximum Gasteiger partial charge on any atom is 0.300 e. The molecular weight excluding hydrogens is 428 g/mol. The minimum atomic E-state index is -1.28. The van der Waals surface area contributed by atoms with E-state index in [1.165, 1.54) is 6.07 Å². The lowest BCUT2D eigenvalue weighted by Gasteiger charge is -2.23. The zero-order valence-electron chi connectivity index (χ0n) is 17.4. The number of aryl methyl sites for hydroxylation is 1. The van der Waals surface area contributed by atoms with E-state index in [4.69, 9.17) is 4.42 Å². The summed E-state index contributed by atoms with van der Waals surface area (Å²) in [4.78, 5) is 26.9. The molecule has 1 N–H and O–H groups in total. The number of fused-ring (bicyclic) bond motifs is 1. The lowest BCUT2D eigenvalue weighted by Crippen LogP contribution is -2.30. The van der Waals surface area contributed by atoms with Crippen molar-refractivity contribution < 1.29 is 27.9 Å². The topological polar surface area (TPSA) is 70.8 Å². The number of carbonyl (C=O) groups is 2. The average molecular weight is 445 g/mol. The van der Waals surface area contributed by atoms with E-state index in [0.717, 1.165) is 33.9 Å². The molecule has 1 aliphatic rings. The SMILES string of the molecule is Cc1ccc(C2/C(=C(/O)c3ccc4ccccc4c3)C(=O)C(=O)N2c2cc(F)ccc2F)o1. The van der Waals surface area contributed by atoms with Gasteiger partial charge in [0.05, 0.1) is 11.3 Å². The lowest BCUT2D eigenvalue weighted by molar-refractivity contribution is -0.132. The van der Waals surface area contributed by atoms with Crippen LogP contribution < -0.4 is 4.90 Å². The Morgan fingerprint density at radius 2 is 1.70 bits per heavy atom. The van der Waals surface area contributed by atoms with Crippen LogP contribution in [0.4, 0.5) is 14.5 Å². The molecule has 1 aromatic heterocycles. The molecule has 164 valence electrons. The van der Waals surface area contributed by atoms with E-state index in [1.54, 1.807) is 31.2 Å². The number of carbonyl (C=O) groups excluding carboxylic acids is 2. The highest BCUT2D eigenvalue weighted by Crippen LogP contribution is 2.43. The molecule has 4 aromatic rings. The molecule has 1 amide bonds. The fraction of sp³-hybridized carbons (Fsp3) is 0.0769. The second kappa shape index (κ2) is 7.70. The predicted molar refractivity (Wildman–Crippen MR) is 119 cm³/mol. The Hall–Kier alpha value is -4.26. The zero-order valence-corrected chi connectivity index (χ0v) is 17.4. The van der Waals surface area contributed by atoms with Crippen LogP contribution in [0.15, 0.2) is 82.8 Å². The molecule has 1 fully saturated rings. The van der Waals surface area contributed by atoms with Crippen molar-refractivity contribution in [2.75, 3.05) is 4.90 Å². The summed E-state index contributed by atoms with van der Waals surface area (Å²) in [7, 11) is 0. The average Bonchev–Trinajstić information content (AvgIpc) is 3.35. The number of anilines is 1. The molecule has 3 aromatic carbocycles. The van der Waals surface area contributed by atoms with Crippen molar-refractivity contribution >= 4 is 33.9 Å². The molecule has 7 heteroatoms. The molecule has 5 rings (SSSR count). The Morgan fingerprint density at radius 1 is 0.939 bits per heavy atom. The second-order valence-corrected chi connectivity index (χ2v) is 7.78. The van der Waals surface area contributed by atoms with E-state index in [2.05, 4.69) is 0 Å². The summed E-state index contributed by atoms with van der Waals surface area (Å²) >= 11 is 0. The second-order valence-electron chi connectivity index (χ2n) is 7.78. The lowest BCUT2D eigenvalue weighted by atomic mass is 9.97. The first-order chi connectivity index (χ1) is 15.8. The minimum Gasteiger partial charge on any atom is -0.507 e. The van der Waals surface area contributed by atoms with Gasteiger partial charge in [0.25, 0.3) is 11.7 Å². The van der Waals surface area contributed by atoms with Gasteiger partial charge in [-0.15, -0.1) is 0 Å². The van der Waals surface area contributed by atoms with Gasteiger partial charge in [0.1, 0.15) is 35.0 Å². The van der Waals surface area contributed by atoms with Gasteiger partial charge < -0.3 is 9.52 Å². The van der Waals surface area contributed by atoms with Crippen LogP contribution in [-0.2, 0) is 9.59 Å². The van der Waals surface area contributed by atoms with Crippen molar-refractivity contribution in [3.05, 3.63) is 107 Å². The van der Waals surface area contributed by atoms with E-state index in [9.17, 15) is 23.5 Å². The smallest absolute Gasteiger partial charge is 0.300 e. The van der Waals surface area contributed by atoms with Crippen LogP contribution in [0.2, 0.25) is 0 Å². The molecule has 1 aliphatic heterocycles. The number of Topliss-reactive ketones (excluding diaryl/α,β-unsaturated/α-hetero) is 1. The summed E-state index contributed by atoms with van der Waals surface area (Å²) in [6.45, 7) is 1.67. The molecule has 2 heterocycles. The fourth-order valence-corrected chi connectivity index (χ4v) is 4.11. The molecule has 33 heavy (non-hydrogen) atoms. The Balaban J connectivity index is 1.75. The number of hydrogen-bond donors (Lipinski definition) is 1. The molecule has 5 nitrogen and oxygen atoms in total. The number of ketones is 1. The van der Waals surface area contributed by atoms with Gasteiger partial charge in [0.15, 0.2) is 0 Å². The van der Waals surface area contributed by atoms with Gasteiger partial charge in [-0.3, -0.25) is 14.5 Å². The number of amides is 1. The number of aliphatic hydroxyl groups is 1. The molecule has 0 radical (unpaired) electrons. The summed E-state index contributed by atoms with van der Waals surface area (Å²) in [5, 5.41) is 12.9. The number of furan rings is 1. The van der Waals surface area contributed by atoms with Gasteiger partial charge in [-0.05, 0) is 48.0 Å². The standard InChI is InChI=1S/C26H17F2NO4/c1-14-6-11-21(33-14)23-22(24(30)17-8-7-15-4-2-3-5-16(15)12-17)25(31)26(32)29(23)20-13-18(27)9-10-19(20)28/h2-13,23,30H,1H3/b24-22-. The Kier molecular flexibility index (Phi) is 4.82. The Bertz CT molecular complexity index is 1470. The molecule has 0 bridgehead atoms. The Morgan fingerprint density at radius 3 is 2.42 bits per heavy atom. The van der Waals surface area contributed by atoms with E-state index in [0.29, 0.717) is 11.3 Å². The highest BCUT2D eigenvalue weighted by molar-refractivity contribution is 6.51. The van der Waals surface area contributed by atoms with Crippen LogP contribution in [0.1, 0.15) is 23.1 Å². The zero-order chi connectivity index (χ0) is 23.3. The normalized spacial score (nSPS) is 17.8. The quantitative estimate of drug-likeness (QED) is 0.252. The number of rotatable bonds is 3. The molecule has 1 atom stereocenters. The molecule has 1 unspecified atom stereocenters. The van der Waals surface area contributed by atoms with E-state index < -0.39 is 40.8 Å². The van der Waals surface area contributed by atoms with Crippen LogP contribution in [0, 0.1) is 18.6 Å². The number of nitrogens with zero attached hydrogens (tertiary/aromatic N) is 1. The maximum absolute atomic E-state index is 14.7. The summed E-state index contributed by atoms with van der Waals surface area (Å²) in [6.07, 6.45) is 0. The third kappa shape index (κ3) is 3.38. The van der Waals surface area contributed by atoms with E-state index in [-0.39, 0.29) is 11.3 Å². The van der Waals surface area contributed by atoms with Crippen molar-refractivity contribution in [3.63, 3.8) is 0 Å². The first kappa shape index (κ1) is 20.6. The van der Waals surface area contributed by atoms with E-state index in [1.807, 2.05) is 24.3 Å². The van der Waals surface area contributed by atoms with Crippen LogP contribution in [-0.4, -0.2) is 16.8 Å². The third-order valence-corrected chi connectivity index (χ3v) is 5.67. The molecule has 0 aliphatic carbocycles. The van der Waals surface area contributed by atoms with Crippen molar-refractivity contribution in [3.8, 4) is 0 Å². The van der Waals surface area contributed by atoms with Gasteiger partial charge in [0.2, 0.25) is 0 Å². The Labute approximate surface area is 187 Å². The van der Waals surface area contributed by atoms with Crippen LogP contribution >= 0.6 is 0 Å². The summed E-state index contributed by atoms with van der Waals surface area (Å²) in [5.41, 5.74) is -0.387. The number of hydrogen-bond acceptors (Lipinski definition) is 4. The minimum absolute atomic E-state index is 0.137. The number of aliphatic hydroxyl groups excluding tert-OH is 1. The first-order valence-corrected chi connectivity index (χ1v) is 10.2. The monoisotopic (exact) mass is 445 g/mol. The molecule has 1 saturated heterocycles. The van der Waals surface area contributed by atoms with Crippen LogP contribution in [0.5, 0.6) is 0 Å². The van der Waals surface area contributed by atoms with E-state index >= 15 is 0 Å². The van der Waals surface area contributed by atoms with Crippen LogP contribution in [0.25, 0.3) is 16.5 Å².